The van der Waals surface area contributed by atoms with Gasteiger partial charge in [-0.3, -0.25) is 4.79 Å². The molecule has 146 valence electrons. The Labute approximate surface area is 162 Å². The van der Waals surface area contributed by atoms with Crippen molar-refractivity contribution in [3.8, 4) is 11.1 Å². The first-order valence-corrected chi connectivity index (χ1v) is 8.95. The molecule has 0 fully saturated rings. The van der Waals surface area contributed by atoms with E-state index in [9.17, 15) is 19.5 Å². The Kier molecular flexibility index (Phi) is 5.63. The molecule has 0 bridgehead atoms. The smallest absolute Gasteiger partial charge is 0.407 e. The van der Waals surface area contributed by atoms with E-state index in [1.54, 1.807) is 0 Å². The number of carboxylic acids is 2. The quantitative estimate of drug-likeness (QED) is 0.677. The summed E-state index contributed by atoms with van der Waals surface area (Å²) in [5, 5.41) is 20.4. The SMILES string of the molecule is CC(CC(NC(=O)OCC1c2ccccc2-c2ccccc21)C(=O)O)C(=O)O. The summed E-state index contributed by atoms with van der Waals surface area (Å²) in [4.78, 5) is 34.4. The molecule has 1 aliphatic carbocycles. The number of carboxylic acid groups (broad SMARTS) is 2. The Morgan fingerprint density at radius 1 is 0.964 bits per heavy atom. The fourth-order valence-electron chi connectivity index (χ4n) is 3.46. The molecule has 1 aliphatic rings. The Bertz CT molecular complexity index is 864. The van der Waals surface area contributed by atoms with E-state index in [0.29, 0.717) is 0 Å². The minimum Gasteiger partial charge on any atom is -0.481 e. The Hall–Kier alpha value is -3.35. The topological polar surface area (TPSA) is 113 Å². The highest BCUT2D eigenvalue weighted by molar-refractivity contribution is 5.81. The van der Waals surface area contributed by atoms with E-state index in [1.807, 2.05) is 48.5 Å². The van der Waals surface area contributed by atoms with E-state index in [1.165, 1.54) is 6.92 Å². The van der Waals surface area contributed by atoms with Gasteiger partial charge in [-0.25, -0.2) is 9.59 Å². The van der Waals surface area contributed by atoms with Crippen LogP contribution < -0.4 is 5.32 Å². The molecule has 0 aliphatic heterocycles. The average Bonchev–Trinajstić information content (AvgIpc) is 2.99. The van der Waals surface area contributed by atoms with Crippen LogP contribution in [-0.2, 0) is 14.3 Å². The molecule has 0 radical (unpaired) electrons. The second-order valence-electron chi connectivity index (χ2n) is 6.84. The van der Waals surface area contributed by atoms with Crippen LogP contribution in [0.4, 0.5) is 4.79 Å². The van der Waals surface area contributed by atoms with Gasteiger partial charge in [0.15, 0.2) is 0 Å². The maximum absolute atomic E-state index is 12.1. The molecule has 7 nitrogen and oxygen atoms in total. The van der Waals surface area contributed by atoms with Crippen molar-refractivity contribution in [2.75, 3.05) is 6.61 Å². The molecule has 0 saturated heterocycles. The molecule has 2 aromatic rings. The fraction of sp³-hybridized carbons (Fsp3) is 0.286. The number of fused-ring (bicyclic) bond motifs is 3. The van der Waals surface area contributed by atoms with E-state index >= 15 is 0 Å². The minimum absolute atomic E-state index is 0.0562. The lowest BCUT2D eigenvalue weighted by Crippen LogP contribution is -2.43. The standard InChI is InChI=1S/C21H21NO6/c1-12(19(23)24)10-18(20(25)26)22-21(27)28-11-17-15-8-4-2-6-13(15)14-7-3-5-9-16(14)17/h2-9,12,17-18H,10-11H2,1H3,(H,22,27)(H,23,24)(H,25,26). The molecular formula is C21H21NO6. The largest absolute Gasteiger partial charge is 0.481 e. The van der Waals surface area contributed by atoms with Gasteiger partial charge in [0.1, 0.15) is 12.6 Å². The van der Waals surface area contributed by atoms with Crippen LogP contribution >= 0.6 is 0 Å². The van der Waals surface area contributed by atoms with Gasteiger partial charge in [0, 0.05) is 5.92 Å². The van der Waals surface area contributed by atoms with Crippen LogP contribution in [0.25, 0.3) is 11.1 Å². The highest BCUT2D eigenvalue weighted by Gasteiger charge is 2.30. The summed E-state index contributed by atoms with van der Waals surface area (Å²) in [7, 11) is 0. The highest BCUT2D eigenvalue weighted by Crippen LogP contribution is 2.44. The molecule has 3 N–H and O–H groups in total. The molecular weight excluding hydrogens is 362 g/mol. The predicted octanol–water partition coefficient (Wildman–Crippen LogP) is 3.09. The van der Waals surface area contributed by atoms with E-state index in [2.05, 4.69) is 5.32 Å². The van der Waals surface area contributed by atoms with E-state index in [0.717, 1.165) is 22.3 Å². The van der Waals surface area contributed by atoms with Crippen LogP contribution in [0.15, 0.2) is 48.5 Å². The maximum Gasteiger partial charge on any atom is 0.407 e. The Balaban J connectivity index is 1.67. The number of carbonyl (C=O) groups is 3. The monoisotopic (exact) mass is 383 g/mol. The van der Waals surface area contributed by atoms with Crippen molar-refractivity contribution < 1.29 is 29.3 Å². The Morgan fingerprint density at radius 3 is 2.00 bits per heavy atom. The second-order valence-corrected chi connectivity index (χ2v) is 6.84. The third kappa shape index (κ3) is 3.98. The van der Waals surface area contributed by atoms with Crippen molar-refractivity contribution in [3.05, 3.63) is 59.7 Å². The normalized spacial score (nSPS) is 14.5. The first kappa shape index (κ1) is 19.4. The van der Waals surface area contributed by atoms with E-state index in [-0.39, 0.29) is 18.9 Å². The number of carbonyl (C=O) groups excluding carboxylic acids is 1. The second kappa shape index (κ2) is 8.12. The molecule has 0 aromatic heterocycles. The number of amides is 1. The van der Waals surface area contributed by atoms with Crippen LogP contribution in [0.2, 0.25) is 0 Å². The summed E-state index contributed by atoms with van der Waals surface area (Å²) in [6.07, 6.45) is -1.11. The summed E-state index contributed by atoms with van der Waals surface area (Å²) < 4.78 is 5.30. The zero-order chi connectivity index (χ0) is 20.3. The molecule has 0 saturated carbocycles. The van der Waals surface area contributed by atoms with Gasteiger partial charge in [0.05, 0.1) is 5.92 Å². The number of benzene rings is 2. The summed E-state index contributed by atoms with van der Waals surface area (Å²) in [5.74, 6) is -3.48. The van der Waals surface area contributed by atoms with Gasteiger partial charge in [-0.2, -0.15) is 0 Å². The van der Waals surface area contributed by atoms with Crippen molar-refractivity contribution in [2.45, 2.75) is 25.3 Å². The molecule has 2 atom stereocenters. The van der Waals surface area contributed by atoms with Crippen LogP contribution in [-0.4, -0.2) is 40.9 Å². The van der Waals surface area contributed by atoms with Gasteiger partial charge in [0.2, 0.25) is 0 Å². The van der Waals surface area contributed by atoms with Gasteiger partial charge in [-0.15, -0.1) is 0 Å². The predicted molar refractivity (Wildman–Crippen MR) is 101 cm³/mol. The lowest BCUT2D eigenvalue weighted by Gasteiger charge is -2.18. The number of hydrogen-bond acceptors (Lipinski definition) is 4. The maximum atomic E-state index is 12.1. The number of ether oxygens (including phenoxy) is 1. The van der Waals surface area contributed by atoms with Gasteiger partial charge < -0.3 is 20.3 Å². The van der Waals surface area contributed by atoms with Gasteiger partial charge in [-0.05, 0) is 28.7 Å². The summed E-state index contributed by atoms with van der Waals surface area (Å²) >= 11 is 0. The third-order valence-electron chi connectivity index (χ3n) is 4.94. The van der Waals surface area contributed by atoms with Crippen molar-refractivity contribution in [1.29, 1.82) is 0 Å². The molecule has 2 aromatic carbocycles. The molecule has 28 heavy (non-hydrogen) atoms. The third-order valence-corrected chi connectivity index (χ3v) is 4.94. The average molecular weight is 383 g/mol. The highest BCUT2D eigenvalue weighted by atomic mass is 16.5. The van der Waals surface area contributed by atoms with Crippen molar-refractivity contribution in [3.63, 3.8) is 0 Å². The van der Waals surface area contributed by atoms with Crippen molar-refractivity contribution >= 4 is 18.0 Å². The molecule has 0 heterocycles. The lowest BCUT2D eigenvalue weighted by atomic mass is 9.98. The summed E-state index contributed by atoms with van der Waals surface area (Å²) in [6.45, 7) is 1.44. The van der Waals surface area contributed by atoms with E-state index < -0.39 is 30.0 Å². The van der Waals surface area contributed by atoms with Gasteiger partial charge >= 0.3 is 18.0 Å². The number of aliphatic carboxylic acids is 2. The van der Waals surface area contributed by atoms with Crippen LogP contribution in [0.3, 0.4) is 0 Å². The number of alkyl carbamates (subject to hydrolysis) is 1. The zero-order valence-electron chi connectivity index (χ0n) is 15.3. The Morgan fingerprint density at radius 2 is 1.50 bits per heavy atom. The van der Waals surface area contributed by atoms with Gasteiger partial charge in [-0.1, -0.05) is 55.5 Å². The molecule has 3 rings (SSSR count). The van der Waals surface area contributed by atoms with E-state index in [4.69, 9.17) is 9.84 Å². The minimum atomic E-state index is -1.33. The van der Waals surface area contributed by atoms with Crippen molar-refractivity contribution in [2.24, 2.45) is 5.92 Å². The van der Waals surface area contributed by atoms with Crippen LogP contribution in [0.5, 0.6) is 0 Å². The van der Waals surface area contributed by atoms with Crippen LogP contribution in [0, 0.1) is 5.92 Å². The van der Waals surface area contributed by atoms with Crippen LogP contribution in [0.1, 0.15) is 30.4 Å². The fourth-order valence-corrected chi connectivity index (χ4v) is 3.46. The van der Waals surface area contributed by atoms with Gasteiger partial charge in [0.25, 0.3) is 0 Å². The zero-order valence-corrected chi connectivity index (χ0v) is 15.3. The lowest BCUT2D eigenvalue weighted by molar-refractivity contribution is -0.143. The number of rotatable bonds is 7. The molecule has 2 unspecified atom stereocenters. The van der Waals surface area contributed by atoms with Crippen molar-refractivity contribution in [1.82, 2.24) is 5.32 Å². The first-order chi connectivity index (χ1) is 13.4. The number of hydrogen-bond donors (Lipinski definition) is 3. The molecule has 0 spiro atoms. The first-order valence-electron chi connectivity index (χ1n) is 8.95. The number of nitrogens with one attached hydrogen (secondary N) is 1. The molecule has 1 amide bonds. The summed E-state index contributed by atoms with van der Waals surface area (Å²) in [5.41, 5.74) is 4.27. The summed E-state index contributed by atoms with van der Waals surface area (Å²) in [6, 6.07) is 14.4. The molecule has 7 heteroatoms.